The van der Waals surface area contributed by atoms with Gasteiger partial charge in [0.15, 0.2) is 6.10 Å². The van der Waals surface area contributed by atoms with Crippen LogP contribution in [0.5, 0.6) is 0 Å². The van der Waals surface area contributed by atoms with E-state index in [0.29, 0.717) is 0 Å². The van der Waals surface area contributed by atoms with Crippen LogP contribution in [0.3, 0.4) is 0 Å². The number of esters is 2. The SMILES string of the molecule is C=CC(=O)OC(C)C(O)OC(=O)C(=C)C. The summed E-state index contributed by atoms with van der Waals surface area (Å²) in [4.78, 5) is 21.7. The summed E-state index contributed by atoms with van der Waals surface area (Å²) in [6.07, 6.45) is -1.53. The zero-order valence-corrected chi connectivity index (χ0v) is 8.73. The van der Waals surface area contributed by atoms with E-state index in [4.69, 9.17) is 0 Å². The third-order valence-corrected chi connectivity index (χ3v) is 1.45. The summed E-state index contributed by atoms with van der Waals surface area (Å²) in [7, 11) is 0. The van der Waals surface area contributed by atoms with Gasteiger partial charge in [-0.2, -0.15) is 0 Å². The number of hydrogen-bond donors (Lipinski definition) is 1. The van der Waals surface area contributed by atoms with Crippen LogP contribution >= 0.6 is 0 Å². The molecular formula is C10H14O5. The Kier molecular flexibility index (Phi) is 5.33. The number of rotatable bonds is 5. The van der Waals surface area contributed by atoms with Gasteiger partial charge in [0.2, 0.25) is 6.29 Å². The van der Waals surface area contributed by atoms with Gasteiger partial charge in [-0.1, -0.05) is 13.2 Å². The van der Waals surface area contributed by atoms with Crippen molar-refractivity contribution in [2.24, 2.45) is 0 Å². The predicted molar refractivity (Wildman–Crippen MR) is 52.7 cm³/mol. The molecule has 0 aliphatic rings. The summed E-state index contributed by atoms with van der Waals surface area (Å²) in [6.45, 7) is 9.35. The van der Waals surface area contributed by atoms with Crippen molar-refractivity contribution in [1.82, 2.24) is 0 Å². The molecule has 5 heteroatoms. The van der Waals surface area contributed by atoms with E-state index in [1.54, 1.807) is 0 Å². The van der Waals surface area contributed by atoms with Crippen LogP contribution in [0.25, 0.3) is 0 Å². The van der Waals surface area contributed by atoms with Gasteiger partial charge in [-0.3, -0.25) is 0 Å². The van der Waals surface area contributed by atoms with Crippen molar-refractivity contribution >= 4 is 11.9 Å². The van der Waals surface area contributed by atoms with Crippen LogP contribution in [0.1, 0.15) is 13.8 Å². The van der Waals surface area contributed by atoms with Crippen LogP contribution in [0.4, 0.5) is 0 Å². The number of carbonyl (C=O) groups excluding carboxylic acids is 2. The fraction of sp³-hybridized carbons (Fsp3) is 0.400. The number of carbonyl (C=O) groups is 2. The fourth-order valence-electron chi connectivity index (χ4n) is 0.596. The second kappa shape index (κ2) is 5.98. The predicted octanol–water partition coefficient (Wildman–Crippen LogP) is 0.542. The molecule has 0 fully saturated rings. The van der Waals surface area contributed by atoms with Crippen LogP contribution in [-0.4, -0.2) is 29.4 Å². The molecule has 0 aliphatic heterocycles. The third kappa shape index (κ3) is 4.97. The van der Waals surface area contributed by atoms with E-state index in [1.165, 1.54) is 13.8 Å². The molecule has 0 heterocycles. The second-order valence-electron chi connectivity index (χ2n) is 2.92. The van der Waals surface area contributed by atoms with Crippen molar-refractivity contribution in [3.8, 4) is 0 Å². The van der Waals surface area contributed by atoms with Crippen LogP contribution in [-0.2, 0) is 19.1 Å². The molecule has 0 saturated carbocycles. The Morgan fingerprint density at radius 2 is 1.93 bits per heavy atom. The molecular weight excluding hydrogens is 200 g/mol. The summed E-state index contributed by atoms with van der Waals surface area (Å²) >= 11 is 0. The Morgan fingerprint density at radius 3 is 2.33 bits per heavy atom. The van der Waals surface area contributed by atoms with Gasteiger partial charge >= 0.3 is 11.9 Å². The highest BCUT2D eigenvalue weighted by Crippen LogP contribution is 2.04. The average Bonchev–Trinajstić information content (AvgIpc) is 2.16. The minimum absolute atomic E-state index is 0.149. The first-order valence-electron chi connectivity index (χ1n) is 4.26. The zero-order valence-electron chi connectivity index (χ0n) is 8.73. The molecule has 0 radical (unpaired) electrons. The Labute approximate surface area is 88.0 Å². The van der Waals surface area contributed by atoms with Gasteiger partial charge < -0.3 is 14.6 Å². The summed E-state index contributed by atoms with van der Waals surface area (Å²) in [5, 5.41) is 9.29. The van der Waals surface area contributed by atoms with E-state index >= 15 is 0 Å². The molecule has 1 N–H and O–H groups in total. The fourth-order valence-corrected chi connectivity index (χ4v) is 0.596. The maximum absolute atomic E-state index is 11.0. The Balaban J connectivity index is 4.15. The van der Waals surface area contributed by atoms with E-state index in [2.05, 4.69) is 22.6 Å². The minimum atomic E-state index is -1.52. The third-order valence-electron chi connectivity index (χ3n) is 1.45. The smallest absolute Gasteiger partial charge is 0.335 e. The van der Waals surface area contributed by atoms with Gasteiger partial charge in [0.1, 0.15) is 0 Å². The molecule has 2 atom stereocenters. The van der Waals surface area contributed by atoms with E-state index in [0.717, 1.165) is 6.08 Å². The van der Waals surface area contributed by atoms with E-state index in [-0.39, 0.29) is 5.57 Å². The van der Waals surface area contributed by atoms with E-state index < -0.39 is 24.3 Å². The lowest BCUT2D eigenvalue weighted by molar-refractivity contribution is -0.190. The van der Waals surface area contributed by atoms with E-state index in [1.807, 2.05) is 0 Å². The topological polar surface area (TPSA) is 72.8 Å². The highest BCUT2D eigenvalue weighted by atomic mass is 16.7. The number of hydrogen-bond acceptors (Lipinski definition) is 5. The molecule has 0 rings (SSSR count). The van der Waals surface area contributed by atoms with Crippen molar-refractivity contribution in [1.29, 1.82) is 0 Å². The molecule has 2 unspecified atom stereocenters. The maximum Gasteiger partial charge on any atom is 0.335 e. The van der Waals surface area contributed by atoms with Gasteiger partial charge in [-0.15, -0.1) is 0 Å². The minimum Gasteiger partial charge on any atom is -0.453 e. The van der Waals surface area contributed by atoms with Crippen LogP contribution in [0, 0.1) is 0 Å². The van der Waals surface area contributed by atoms with Crippen molar-refractivity contribution in [2.75, 3.05) is 0 Å². The van der Waals surface area contributed by atoms with Gasteiger partial charge in [0.05, 0.1) is 0 Å². The Morgan fingerprint density at radius 1 is 1.40 bits per heavy atom. The number of aliphatic hydroxyl groups is 1. The first kappa shape index (κ1) is 13.4. The molecule has 15 heavy (non-hydrogen) atoms. The number of ether oxygens (including phenoxy) is 2. The molecule has 0 aliphatic carbocycles. The van der Waals surface area contributed by atoms with Crippen LogP contribution in [0.2, 0.25) is 0 Å². The molecule has 5 nitrogen and oxygen atoms in total. The molecule has 0 bridgehead atoms. The van der Waals surface area contributed by atoms with E-state index in [9.17, 15) is 14.7 Å². The summed E-state index contributed by atoms with van der Waals surface area (Å²) in [5.41, 5.74) is 0.149. The normalized spacial score (nSPS) is 13.5. The van der Waals surface area contributed by atoms with Crippen LogP contribution < -0.4 is 0 Å². The molecule has 0 saturated heterocycles. The molecule has 0 aromatic heterocycles. The Bertz CT molecular complexity index is 282. The Hall–Kier alpha value is -1.62. The van der Waals surface area contributed by atoms with Crippen molar-refractivity contribution in [3.63, 3.8) is 0 Å². The molecule has 84 valence electrons. The lowest BCUT2D eigenvalue weighted by Gasteiger charge is -2.18. The lowest BCUT2D eigenvalue weighted by atomic mass is 10.3. The van der Waals surface area contributed by atoms with Crippen molar-refractivity contribution < 1.29 is 24.2 Å². The zero-order chi connectivity index (χ0) is 12.0. The molecule has 0 spiro atoms. The highest BCUT2D eigenvalue weighted by Gasteiger charge is 2.21. The van der Waals surface area contributed by atoms with Gasteiger partial charge in [0.25, 0.3) is 0 Å². The van der Waals surface area contributed by atoms with Crippen LogP contribution in [0.15, 0.2) is 24.8 Å². The molecule has 0 aromatic carbocycles. The highest BCUT2D eigenvalue weighted by molar-refractivity contribution is 5.87. The first-order valence-corrected chi connectivity index (χ1v) is 4.26. The monoisotopic (exact) mass is 214 g/mol. The second-order valence-corrected chi connectivity index (χ2v) is 2.92. The summed E-state index contributed by atoms with van der Waals surface area (Å²) < 4.78 is 9.15. The lowest BCUT2D eigenvalue weighted by Crippen LogP contribution is -2.32. The molecule has 0 amide bonds. The first-order chi connectivity index (χ1) is 6.88. The number of aliphatic hydroxyl groups excluding tert-OH is 1. The standard InChI is InChI=1S/C10H14O5/c1-5-8(11)14-7(4)10(13)15-9(12)6(2)3/h5,7,10,13H,1-2H2,3-4H3. The summed E-state index contributed by atoms with van der Waals surface area (Å²) in [5.74, 6) is -1.45. The maximum atomic E-state index is 11.0. The molecule has 0 aromatic rings. The summed E-state index contributed by atoms with van der Waals surface area (Å²) in [6, 6.07) is 0. The van der Waals surface area contributed by atoms with Gasteiger partial charge in [-0.05, 0) is 13.8 Å². The largest absolute Gasteiger partial charge is 0.453 e. The van der Waals surface area contributed by atoms with Crippen molar-refractivity contribution in [3.05, 3.63) is 24.8 Å². The average molecular weight is 214 g/mol. The quantitative estimate of drug-likeness (QED) is 0.411. The van der Waals surface area contributed by atoms with Crippen molar-refractivity contribution in [2.45, 2.75) is 26.2 Å². The van der Waals surface area contributed by atoms with Gasteiger partial charge in [0, 0.05) is 11.6 Å². The van der Waals surface area contributed by atoms with Gasteiger partial charge in [-0.25, -0.2) is 9.59 Å².